The molecule has 0 fully saturated rings. The fraction of sp³-hybridized carbons (Fsp3) is 0.400. The molecule has 0 saturated carbocycles. The van der Waals surface area contributed by atoms with Gasteiger partial charge in [-0.05, 0) is 12.1 Å². The minimum atomic E-state index is -0.405. The second kappa shape index (κ2) is 6.40. The van der Waals surface area contributed by atoms with Gasteiger partial charge in [0.2, 0.25) is 0 Å². The van der Waals surface area contributed by atoms with Gasteiger partial charge in [0.25, 0.3) is 0 Å². The molecule has 0 aliphatic heterocycles. The van der Waals surface area contributed by atoms with E-state index in [1.807, 2.05) is 5.38 Å². The first kappa shape index (κ1) is 16.4. The van der Waals surface area contributed by atoms with Crippen molar-refractivity contribution < 1.29 is 4.39 Å². The normalized spacial score (nSPS) is 13.4. The number of nitrogens with one attached hydrogen (secondary N) is 1. The van der Waals surface area contributed by atoms with Crippen LogP contribution in [0.5, 0.6) is 0 Å². The maximum absolute atomic E-state index is 14.0. The van der Waals surface area contributed by atoms with E-state index in [-0.39, 0.29) is 11.2 Å². The number of hydrogen-bond acceptors (Lipinski definition) is 4. The molecule has 0 aliphatic carbocycles. The topological polar surface area (TPSA) is 50.9 Å². The van der Waals surface area contributed by atoms with Crippen LogP contribution in [0, 0.1) is 5.82 Å². The van der Waals surface area contributed by atoms with Crippen LogP contribution in [-0.4, -0.2) is 4.98 Å². The molecule has 2 aromatic rings. The second-order valence-corrected chi connectivity index (χ2v) is 7.29. The minimum Gasteiger partial charge on any atom is -0.271 e. The molecule has 1 unspecified atom stereocenters. The number of halogens is 2. The first-order valence-electron chi connectivity index (χ1n) is 6.68. The summed E-state index contributed by atoms with van der Waals surface area (Å²) in [6, 6.07) is 4.22. The zero-order valence-electron chi connectivity index (χ0n) is 12.3. The van der Waals surface area contributed by atoms with Crippen molar-refractivity contribution in [3.05, 3.63) is 50.7 Å². The predicted molar refractivity (Wildman–Crippen MR) is 86.0 cm³/mol. The van der Waals surface area contributed by atoms with Gasteiger partial charge in [0.1, 0.15) is 5.82 Å². The molecule has 3 nitrogen and oxygen atoms in total. The Hall–Kier alpha value is -1.01. The summed E-state index contributed by atoms with van der Waals surface area (Å²) in [5, 5.41) is 3.30. The summed E-state index contributed by atoms with van der Waals surface area (Å²) < 4.78 is 14.0. The van der Waals surface area contributed by atoms with Gasteiger partial charge in [0.15, 0.2) is 0 Å². The summed E-state index contributed by atoms with van der Waals surface area (Å²) in [5.41, 5.74) is 4.04. The summed E-state index contributed by atoms with van der Waals surface area (Å²) in [7, 11) is 0. The van der Waals surface area contributed by atoms with Gasteiger partial charge in [-0.3, -0.25) is 11.3 Å². The van der Waals surface area contributed by atoms with Crippen LogP contribution in [0.1, 0.15) is 43.1 Å². The number of hydrazine groups is 1. The predicted octanol–water partition coefficient (Wildman–Crippen LogP) is 3.98. The van der Waals surface area contributed by atoms with Crippen molar-refractivity contribution in [1.29, 1.82) is 0 Å². The molecule has 114 valence electrons. The molecule has 3 N–H and O–H groups in total. The smallest absolute Gasteiger partial charge is 0.129 e. The van der Waals surface area contributed by atoms with Crippen molar-refractivity contribution in [2.45, 2.75) is 38.6 Å². The highest BCUT2D eigenvalue weighted by molar-refractivity contribution is 7.09. The van der Waals surface area contributed by atoms with Crippen LogP contribution >= 0.6 is 22.9 Å². The van der Waals surface area contributed by atoms with Gasteiger partial charge in [-0.1, -0.05) is 38.4 Å². The highest BCUT2D eigenvalue weighted by Crippen LogP contribution is 2.30. The number of nitrogens with zero attached hydrogens (tertiary/aromatic N) is 1. The zero-order chi connectivity index (χ0) is 15.6. The Morgan fingerprint density at radius 1 is 1.43 bits per heavy atom. The molecule has 1 atom stereocenters. The monoisotopic (exact) mass is 327 g/mol. The fourth-order valence-electron chi connectivity index (χ4n) is 2.01. The van der Waals surface area contributed by atoms with Crippen LogP contribution in [0.4, 0.5) is 4.39 Å². The molecule has 2 rings (SSSR count). The second-order valence-electron chi connectivity index (χ2n) is 5.94. The number of rotatable bonds is 4. The number of benzene rings is 1. The summed E-state index contributed by atoms with van der Waals surface area (Å²) in [6.45, 7) is 6.33. The molecule has 0 saturated heterocycles. The molecule has 0 aliphatic rings. The lowest BCUT2D eigenvalue weighted by atomic mass is 9.93. The van der Waals surface area contributed by atoms with Gasteiger partial charge >= 0.3 is 0 Å². The number of nitrogens with two attached hydrogens (primary N) is 1. The van der Waals surface area contributed by atoms with Crippen molar-refractivity contribution in [2.75, 3.05) is 0 Å². The van der Waals surface area contributed by atoms with Crippen LogP contribution in [0.25, 0.3) is 0 Å². The molecule has 0 radical (unpaired) electrons. The van der Waals surface area contributed by atoms with Crippen LogP contribution < -0.4 is 11.3 Å². The van der Waals surface area contributed by atoms with E-state index in [1.54, 1.807) is 23.5 Å². The quantitative estimate of drug-likeness (QED) is 0.659. The van der Waals surface area contributed by atoms with E-state index in [9.17, 15) is 4.39 Å². The Morgan fingerprint density at radius 2 is 2.14 bits per heavy atom. The van der Waals surface area contributed by atoms with Crippen molar-refractivity contribution in [3.63, 3.8) is 0 Å². The molecule has 21 heavy (non-hydrogen) atoms. The Labute approximate surface area is 133 Å². The van der Waals surface area contributed by atoms with Gasteiger partial charge in [0.05, 0.1) is 16.7 Å². The maximum atomic E-state index is 14.0. The molecule has 0 spiro atoms. The van der Waals surface area contributed by atoms with Crippen molar-refractivity contribution in [2.24, 2.45) is 5.84 Å². The molecule has 1 aromatic carbocycles. The van der Waals surface area contributed by atoms with Crippen LogP contribution in [0.15, 0.2) is 23.6 Å². The van der Waals surface area contributed by atoms with Crippen LogP contribution in [-0.2, 0) is 11.8 Å². The third-order valence-corrected chi connectivity index (χ3v) is 4.45. The first-order valence-corrected chi connectivity index (χ1v) is 7.93. The van der Waals surface area contributed by atoms with Gasteiger partial charge < -0.3 is 0 Å². The average Bonchev–Trinajstić information content (AvgIpc) is 2.85. The van der Waals surface area contributed by atoms with Crippen molar-refractivity contribution in [1.82, 2.24) is 10.4 Å². The van der Waals surface area contributed by atoms with E-state index in [0.717, 1.165) is 10.7 Å². The molecule has 1 aromatic heterocycles. The van der Waals surface area contributed by atoms with Crippen molar-refractivity contribution in [3.8, 4) is 0 Å². The van der Waals surface area contributed by atoms with Gasteiger partial charge in [-0.2, -0.15) is 0 Å². The molecule has 1 heterocycles. The lowest BCUT2D eigenvalue weighted by molar-refractivity contribution is 0.507. The minimum absolute atomic E-state index is 0.00394. The third kappa shape index (κ3) is 3.80. The summed E-state index contributed by atoms with van der Waals surface area (Å²) >= 11 is 7.65. The van der Waals surface area contributed by atoms with E-state index in [2.05, 4.69) is 31.2 Å². The molecular weight excluding hydrogens is 309 g/mol. The van der Waals surface area contributed by atoms with Gasteiger partial charge in [-0.15, -0.1) is 11.3 Å². The zero-order valence-corrected chi connectivity index (χ0v) is 13.9. The SMILES string of the molecule is CC(C)(C)c1csc(CC(NN)c2c(F)cccc2Cl)n1. The van der Waals surface area contributed by atoms with E-state index >= 15 is 0 Å². The Bertz CT molecular complexity index is 601. The Morgan fingerprint density at radius 3 is 2.67 bits per heavy atom. The van der Waals surface area contributed by atoms with Crippen molar-refractivity contribution >= 4 is 22.9 Å². The summed E-state index contributed by atoms with van der Waals surface area (Å²) in [5.74, 6) is 5.22. The highest BCUT2D eigenvalue weighted by Gasteiger charge is 2.22. The standard InChI is InChI=1S/C15H19ClFN3S/c1-15(2,3)12-8-21-13(19-12)7-11(20-18)14-9(16)5-4-6-10(14)17/h4-6,8,11,20H,7,18H2,1-3H3. The number of aromatic nitrogens is 1. The van der Waals surface area contributed by atoms with E-state index in [4.69, 9.17) is 17.4 Å². The number of thiazole rings is 1. The van der Waals surface area contributed by atoms with E-state index in [0.29, 0.717) is 17.0 Å². The summed E-state index contributed by atoms with van der Waals surface area (Å²) in [6.07, 6.45) is 0.498. The van der Waals surface area contributed by atoms with Gasteiger partial charge in [0, 0.05) is 27.8 Å². The number of hydrogen-bond donors (Lipinski definition) is 2. The fourth-order valence-corrected chi connectivity index (χ4v) is 3.37. The molecular formula is C15H19ClFN3S. The lowest BCUT2D eigenvalue weighted by Gasteiger charge is -2.17. The molecule has 0 bridgehead atoms. The third-order valence-electron chi connectivity index (χ3n) is 3.25. The first-order chi connectivity index (χ1) is 9.82. The van der Waals surface area contributed by atoms with Crippen LogP contribution in [0.3, 0.4) is 0 Å². The van der Waals surface area contributed by atoms with E-state index in [1.165, 1.54) is 6.07 Å². The maximum Gasteiger partial charge on any atom is 0.129 e. The lowest BCUT2D eigenvalue weighted by Crippen LogP contribution is -2.30. The molecule has 6 heteroatoms. The summed E-state index contributed by atoms with van der Waals surface area (Å²) in [4.78, 5) is 4.61. The van der Waals surface area contributed by atoms with Crippen LogP contribution in [0.2, 0.25) is 5.02 Å². The van der Waals surface area contributed by atoms with E-state index < -0.39 is 6.04 Å². The average molecular weight is 328 g/mol. The largest absolute Gasteiger partial charge is 0.271 e. The van der Waals surface area contributed by atoms with Gasteiger partial charge in [-0.25, -0.2) is 9.37 Å². The highest BCUT2D eigenvalue weighted by atomic mass is 35.5. The Balaban J connectivity index is 2.26. The Kier molecular flexibility index (Phi) is 4.99. The molecule has 0 amide bonds.